The van der Waals surface area contributed by atoms with Gasteiger partial charge in [0.05, 0.1) is 5.39 Å². The fraction of sp³-hybridized carbons (Fsp3) is 0.276. The highest BCUT2D eigenvalue weighted by molar-refractivity contribution is 7.00. The van der Waals surface area contributed by atoms with Crippen LogP contribution in [-0.2, 0) is 7.05 Å². The molecule has 0 amide bonds. The second-order valence-electron chi connectivity index (χ2n) is 9.72. The molecule has 0 aliphatic rings. The summed E-state index contributed by atoms with van der Waals surface area (Å²) in [6.45, 7) is 13.9. The third-order valence-electron chi connectivity index (χ3n) is 6.94. The van der Waals surface area contributed by atoms with Crippen molar-refractivity contribution in [1.82, 2.24) is 0 Å². The molecule has 0 fully saturated rings. The molecule has 0 spiro atoms. The Bertz CT molecular complexity index is 1250. The van der Waals surface area contributed by atoms with Crippen LogP contribution >= 0.6 is 0 Å². The van der Waals surface area contributed by atoms with Crippen molar-refractivity contribution in [1.29, 1.82) is 0 Å². The maximum atomic E-state index is 2.45. The fourth-order valence-corrected chi connectivity index (χ4v) is 6.94. The zero-order chi connectivity index (χ0) is 22.3. The Morgan fingerprint density at radius 1 is 0.774 bits per heavy atom. The van der Waals surface area contributed by atoms with E-state index >= 15 is 0 Å². The summed E-state index contributed by atoms with van der Waals surface area (Å²) < 4.78 is 2.36. The first kappa shape index (κ1) is 21.5. The van der Waals surface area contributed by atoms with E-state index in [0.717, 1.165) is 0 Å². The van der Waals surface area contributed by atoms with Gasteiger partial charge < -0.3 is 0 Å². The molecule has 0 aliphatic carbocycles. The summed E-state index contributed by atoms with van der Waals surface area (Å²) in [6, 6.07) is 27.5. The standard InChI is InChI=1S/C29H34NSi/c1-20(2)23-14-13-21(3)28(19-23)29-27-16-15-26(18-24(27)17-22(4)30(29)5)31(6,7)25-11-9-8-10-12-25/h8-20H,1-7H3/q+1. The maximum Gasteiger partial charge on any atom is 0.220 e. The Morgan fingerprint density at radius 3 is 2.16 bits per heavy atom. The first-order valence-corrected chi connectivity index (χ1v) is 14.3. The van der Waals surface area contributed by atoms with Crippen molar-refractivity contribution in [3.05, 3.63) is 89.6 Å². The number of hydrogen-bond acceptors (Lipinski definition) is 0. The molecule has 0 saturated heterocycles. The van der Waals surface area contributed by atoms with Crippen molar-refractivity contribution in [3.63, 3.8) is 0 Å². The van der Waals surface area contributed by atoms with Gasteiger partial charge >= 0.3 is 0 Å². The number of aromatic nitrogens is 1. The number of nitrogens with zero attached hydrogens (tertiary/aromatic N) is 1. The molecule has 4 aromatic rings. The number of benzene rings is 3. The molecular formula is C29H34NSi+. The van der Waals surface area contributed by atoms with Gasteiger partial charge in [-0.2, -0.15) is 4.57 Å². The summed E-state index contributed by atoms with van der Waals surface area (Å²) >= 11 is 0. The van der Waals surface area contributed by atoms with Gasteiger partial charge in [-0.05, 0) is 41.5 Å². The molecule has 3 aromatic carbocycles. The minimum absolute atomic E-state index is 0.519. The monoisotopic (exact) mass is 424 g/mol. The summed E-state index contributed by atoms with van der Waals surface area (Å²) in [7, 11) is 0.455. The second kappa shape index (κ2) is 8.09. The van der Waals surface area contributed by atoms with Gasteiger partial charge in [0.1, 0.15) is 15.1 Å². The highest BCUT2D eigenvalue weighted by Gasteiger charge is 2.27. The Kier molecular flexibility index (Phi) is 5.61. The normalized spacial score (nSPS) is 12.0. The van der Waals surface area contributed by atoms with E-state index in [2.05, 4.69) is 125 Å². The Labute approximate surface area is 188 Å². The van der Waals surface area contributed by atoms with Crippen LogP contribution in [0.1, 0.15) is 36.6 Å². The van der Waals surface area contributed by atoms with Gasteiger partial charge in [0.25, 0.3) is 0 Å². The maximum absolute atomic E-state index is 2.45. The topological polar surface area (TPSA) is 3.88 Å². The number of hydrogen-bond donors (Lipinski definition) is 0. The summed E-state index contributed by atoms with van der Waals surface area (Å²) in [5, 5.41) is 5.64. The fourth-order valence-electron chi connectivity index (χ4n) is 4.57. The Hall–Kier alpha value is -2.71. The van der Waals surface area contributed by atoms with Crippen LogP contribution in [0.4, 0.5) is 0 Å². The molecule has 1 heterocycles. The zero-order valence-corrected chi connectivity index (χ0v) is 21.0. The highest BCUT2D eigenvalue weighted by atomic mass is 28.3. The number of fused-ring (bicyclic) bond motifs is 1. The van der Waals surface area contributed by atoms with Crippen molar-refractivity contribution < 1.29 is 4.57 Å². The Morgan fingerprint density at radius 2 is 1.48 bits per heavy atom. The van der Waals surface area contributed by atoms with E-state index in [0.29, 0.717) is 5.92 Å². The van der Waals surface area contributed by atoms with Gasteiger partial charge in [0.2, 0.25) is 5.69 Å². The molecule has 0 atom stereocenters. The van der Waals surface area contributed by atoms with E-state index in [9.17, 15) is 0 Å². The SMILES string of the molecule is Cc1ccc(C(C)C)cc1-c1c2ccc([Si](C)(C)c3ccccc3)cc2cc(C)[n+]1C. The lowest BCUT2D eigenvalue weighted by Crippen LogP contribution is -2.52. The number of pyridine rings is 1. The minimum Gasteiger partial charge on any atom is -0.198 e. The van der Waals surface area contributed by atoms with Crippen molar-refractivity contribution in [2.24, 2.45) is 7.05 Å². The van der Waals surface area contributed by atoms with Gasteiger partial charge in [-0.1, -0.05) is 91.9 Å². The third kappa shape index (κ3) is 3.85. The van der Waals surface area contributed by atoms with Crippen LogP contribution in [0.25, 0.3) is 22.0 Å². The largest absolute Gasteiger partial charge is 0.220 e. The van der Waals surface area contributed by atoms with Gasteiger partial charge in [-0.3, -0.25) is 0 Å². The van der Waals surface area contributed by atoms with Crippen LogP contribution in [0.5, 0.6) is 0 Å². The van der Waals surface area contributed by atoms with Crippen molar-refractivity contribution in [3.8, 4) is 11.3 Å². The molecule has 0 N–H and O–H groups in total. The van der Waals surface area contributed by atoms with Crippen LogP contribution < -0.4 is 14.9 Å². The lowest BCUT2D eigenvalue weighted by Gasteiger charge is -2.24. The van der Waals surface area contributed by atoms with Crippen molar-refractivity contribution in [2.45, 2.75) is 46.7 Å². The minimum atomic E-state index is -1.74. The van der Waals surface area contributed by atoms with E-state index in [1.165, 1.54) is 49.2 Å². The predicted molar refractivity (Wildman–Crippen MR) is 137 cm³/mol. The predicted octanol–water partition coefficient (Wildman–Crippen LogP) is 5.89. The third-order valence-corrected chi connectivity index (χ3v) is 10.5. The second-order valence-corrected chi connectivity index (χ2v) is 14.1. The molecule has 31 heavy (non-hydrogen) atoms. The van der Waals surface area contributed by atoms with Gasteiger partial charge in [-0.15, -0.1) is 0 Å². The summed E-state index contributed by atoms with van der Waals surface area (Å²) in [5.41, 5.74) is 6.67. The van der Waals surface area contributed by atoms with Crippen LogP contribution in [0.3, 0.4) is 0 Å². The molecule has 0 aliphatic heterocycles. The van der Waals surface area contributed by atoms with Gasteiger partial charge in [-0.25, -0.2) is 0 Å². The molecule has 0 saturated carbocycles. The van der Waals surface area contributed by atoms with Gasteiger partial charge in [0.15, 0.2) is 5.69 Å². The smallest absolute Gasteiger partial charge is 0.198 e. The van der Waals surface area contributed by atoms with Crippen LogP contribution in [0, 0.1) is 13.8 Å². The first-order chi connectivity index (χ1) is 14.7. The lowest BCUT2D eigenvalue weighted by atomic mass is 9.93. The lowest BCUT2D eigenvalue weighted by molar-refractivity contribution is -0.665. The Balaban J connectivity index is 1.95. The first-order valence-electron chi connectivity index (χ1n) is 11.3. The van der Waals surface area contributed by atoms with E-state index in [4.69, 9.17) is 0 Å². The molecule has 0 unspecified atom stereocenters. The average Bonchev–Trinajstić information content (AvgIpc) is 2.75. The molecule has 1 aromatic heterocycles. The highest BCUT2D eigenvalue weighted by Crippen LogP contribution is 2.31. The molecular weight excluding hydrogens is 390 g/mol. The summed E-state index contributed by atoms with van der Waals surface area (Å²) in [5.74, 6) is 0.519. The molecule has 0 radical (unpaired) electrons. The van der Waals surface area contributed by atoms with E-state index < -0.39 is 8.07 Å². The van der Waals surface area contributed by atoms with E-state index in [1.54, 1.807) is 0 Å². The molecule has 1 nitrogen and oxygen atoms in total. The molecule has 2 heteroatoms. The molecule has 0 bridgehead atoms. The van der Waals surface area contributed by atoms with Gasteiger partial charge in [0, 0.05) is 18.6 Å². The number of aryl methyl sites for hydroxylation is 2. The van der Waals surface area contributed by atoms with Crippen molar-refractivity contribution in [2.75, 3.05) is 0 Å². The summed E-state index contributed by atoms with van der Waals surface area (Å²) in [6.07, 6.45) is 0. The number of rotatable bonds is 4. The molecule has 158 valence electrons. The van der Waals surface area contributed by atoms with Crippen molar-refractivity contribution >= 4 is 29.2 Å². The quantitative estimate of drug-likeness (QED) is 0.284. The van der Waals surface area contributed by atoms with E-state index in [1.807, 2.05) is 0 Å². The molecule has 4 rings (SSSR count). The average molecular weight is 425 g/mol. The van der Waals surface area contributed by atoms with Crippen LogP contribution in [-0.4, -0.2) is 8.07 Å². The van der Waals surface area contributed by atoms with Crippen LogP contribution in [0.2, 0.25) is 13.1 Å². The zero-order valence-electron chi connectivity index (χ0n) is 20.0. The summed E-state index contributed by atoms with van der Waals surface area (Å²) in [4.78, 5) is 0. The van der Waals surface area contributed by atoms with E-state index in [-0.39, 0.29) is 0 Å². The van der Waals surface area contributed by atoms with Crippen LogP contribution in [0.15, 0.2) is 72.8 Å².